The zero-order valence-electron chi connectivity index (χ0n) is 12.6. The van der Waals surface area contributed by atoms with Gasteiger partial charge in [0.25, 0.3) is 0 Å². The first kappa shape index (κ1) is 15.0. The van der Waals surface area contributed by atoms with Crippen molar-refractivity contribution in [3.05, 3.63) is 35.4 Å². The minimum Gasteiger partial charge on any atom is -0.353 e. The van der Waals surface area contributed by atoms with Crippen molar-refractivity contribution in [2.45, 2.75) is 32.4 Å². The van der Waals surface area contributed by atoms with Gasteiger partial charge in [0.2, 0.25) is 5.91 Å². The largest absolute Gasteiger partial charge is 0.353 e. The molecule has 110 valence electrons. The van der Waals surface area contributed by atoms with Gasteiger partial charge in [-0.15, -0.1) is 0 Å². The maximum Gasteiger partial charge on any atom is 0.241 e. The normalized spacial score (nSPS) is 18.1. The molecule has 1 atom stereocenters. The van der Waals surface area contributed by atoms with Crippen LogP contribution in [0.2, 0.25) is 0 Å². The Bertz CT molecular complexity index is 459. The number of likely N-dealkylation sites (N-methyl/N-ethyl adjacent to an activating group) is 1. The van der Waals surface area contributed by atoms with Gasteiger partial charge in [0.05, 0.1) is 0 Å². The predicted octanol–water partition coefficient (Wildman–Crippen LogP) is 1.33. The number of amides is 1. The number of rotatable bonds is 5. The molecule has 0 fully saturated rings. The van der Waals surface area contributed by atoms with Crippen molar-refractivity contribution in [1.29, 1.82) is 0 Å². The van der Waals surface area contributed by atoms with E-state index in [2.05, 4.69) is 42.5 Å². The van der Waals surface area contributed by atoms with Crippen LogP contribution in [0.1, 0.15) is 31.0 Å². The number of hydrogen-bond donors (Lipinski definition) is 2. The van der Waals surface area contributed by atoms with Gasteiger partial charge in [0.1, 0.15) is 6.04 Å². The van der Waals surface area contributed by atoms with Gasteiger partial charge in [-0.3, -0.25) is 4.79 Å². The Morgan fingerprint density at radius 3 is 2.95 bits per heavy atom. The van der Waals surface area contributed by atoms with Gasteiger partial charge in [-0.25, -0.2) is 0 Å². The minimum absolute atomic E-state index is 0.0781. The van der Waals surface area contributed by atoms with Crippen molar-refractivity contribution in [3.63, 3.8) is 0 Å². The van der Waals surface area contributed by atoms with Crippen molar-refractivity contribution < 1.29 is 4.79 Å². The van der Waals surface area contributed by atoms with Gasteiger partial charge in [-0.05, 0) is 38.4 Å². The molecule has 0 aliphatic carbocycles. The Labute approximate surface area is 121 Å². The zero-order chi connectivity index (χ0) is 14.5. The first-order valence-corrected chi connectivity index (χ1v) is 7.38. The lowest BCUT2D eigenvalue weighted by Crippen LogP contribution is -2.43. The van der Waals surface area contributed by atoms with Crippen LogP contribution in [-0.4, -0.2) is 43.5 Å². The lowest BCUT2D eigenvalue weighted by atomic mass is 9.94. The molecule has 4 nitrogen and oxygen atoms in total. The summed E-state index contributed by atoms with van der Waals surface area (Å²) in [4.78, 5) is 14.5. The molecule has 1 heterocycles. The molecule has 0 saturated heterocycles. The zero-order valence-corrected chi connectivity index (χ0v) is 12.6. The molecule has 1 aromatic rings. The highest BCUT2D eigenvalue weighted by atomic mass is 16.2. The molecular formula is C16H25N3O. The van der Waals surface area contributed by atoms with Crippen molar-refractivity contribution in [3.8, 4) is 0 Å². The number of carbonyl (C=O) groups excluding carboxylic acids is 1. The summed E-state index contributed by atoms with van der Waals surface area (Å²) in [5, 5.41) is 6.35. The Morgan fingerprint density at radius 1 is 1.45 bits per heavy atom. The number of hydrogen-bond acceptors (Lipinski definition) is 3. The molecule has 0 bridgehead atoms. The summed E-state index contributed by atoms with van der Waals surface area (Å²) < 4.78 is 0. The van der Waals surface area contributed by atoms with Crippen molar-refractivity contribution in [2.24, 2.45) is 0 Å². The summed E-state index contributed by atoms with van der Waals surface area (Å²) in [6.07, 6.45) is 0.996. The number of benzene rings is 1. The van der Waals surface area contributed by atoms with Crippen LogP contribution < -0.4 is 10.6 Å². The number of fused-ring (bicyclic) bond motifs is 1. The number of nitrogens with zero attached hydrogens (tertiary/aromatic N) is 1. The molecule has 2 N–H and O–H groups in total. The van der Waals surface area contributed by atoms with E-state index in [0.29, 0.717) is 12.6 Å². The maximum atomic E-state index is 12.3. The van der Waals surface area contributed by atoms with Gasteiger partial charge >= 0.3 is 0 Å². The smallest absolute Gasteiger partial charge is 0.241 e. The van der Waals surface area contributed by atoms with Crippen molar-refractivity contribution in [2.75, 3.05) is 26.7 Å². The highest BCUT2D eigenvalue weighted by Gasteiger charge is 2.25. The van der Waals surface area contributed by atoms with Gasteiger partial charge in [0.15, 0.2) is 0 Å². The molecule has 1 unspecified atom stereocenters. The van der Waals surface area contributed by atoms with Gasteiger partial charge in [-0.1, -0.05) is 24.3 Å². The van der Waals surface area contributed by atoms with Crippen LogP contribution in [0.15, 0.2) is 24.3 Å². The van der Waals surface area contributed by atoms with Crippen LogP contribution in [0.3, 0.4) is 0 Å². The molecule has 0 saturated carbocycles. The summed E-state index contributed by atoms with van der Waals surface area (Å²) in [7, 11) is 2.07. The Morgan fingerprint density at radius 2 is 2.20 bits per heavy atom. The van der Waals surface area contributed by atoms with Crippen LogP contribution in [0, 0.1) is 0 Å². The SMILES string of the molecule is CC(C)N(C)CCNC(=O)C1NCCc2ccccc21. The molecule has 4 heteroatoms. The van der Waals surface area contributed by atoms with E-state index >= 15 is 0 Å². The average Bonchev–Trinajstić information content (AvgIpc) is 2.46. The third-order valence-corrected chi connectivity index (χ3v) is 4.02. The van der Waals surface area contributed by atoms with E-state index in [-0.39, 0.29) is 11.9 Å². The van der Waals surface area contributed by atoms with Crippen LogP contribution in [0.4, 0.5) is 0 Å². The summed E-state index contributed by atoms with van der Waals surface area (Å²) >= 11 is 0. The van der Waals surface area contributed by atoms with Gasteiger partial charge in [0, 0.05) is 25.7 Å². The van der Waals surface area contributed by atoms with Gasteiger partial charge < -0.3 is 15.5 Å². The predicted molar refractivity (Wildman–Crippen MR) is 81.7 cm³/mol. The molecule has 0 aromatic heterocycles. The molecule has 1 aliphatic rings. The summed E-state index contributed by atoms with van der Waals surface area (Å²) in [5.41, 5.74) is 2.40. The van der Waals surface area contributed by atoms with Crippen molar-refractivity contribution >= 4 is 5.91 Å². The van der Waals surface area contributed by atoms with E-state index in [4.69, 9.17) is 0 Å². The number of nitrogens with one attached hydrogen (secondary N) is 2. The third kappa shape index (κ3) is 3.58. The lowest BCUT2D eigenvalue weighted by Gasteiger charge is -2.27. The van der Waals surface area contributed by atoms with Crippen LogP contribution in [0.5, 0.6) is 0 Å². The Kier molecular flexibility index (Phi) is 5.15. The van der Waals surface area contributed by atoms with Crippen molar-refractivity contribution in [1.82, 2.24) is 15.5 Å². The second-order valence-corrected chi connectivity index (χ2v) is 5.70. The molecule has 1 aliphatic heterocycles. The van der Waals surface area contributed by atoms with E-state index in [1.807, 2.05) is 18.2 Å². The van der Waals surface area contributed by atoms with E-state index in [1.54, 1.807) is 0 Å². The molecule has 0 radical (unpaired) electrons. The summed E-state index contributed by atoms with van der Waals surface area (Å²) in [5.74, 6) is 0.0781. The second kappa shape index (κ2) is 6.86. The van der Waals surface area contributed by atoms with Crippen LogP contribution in [0.25, 0.3) is 0 Å². The summed E-state index contributed by atoms with van der Waals surface area (Å²) in [6.45, 7) is 6.73. The standard InChI is InChI=1S/C16H25N3O/c1-12(2)19(3)11-10-18-16(20)15-14-7-5-4-6-13(14)8-9-17-15/h4-7,12,15,17H,8-11H2,1-3H3,(H,18,20). The molecule has 20 heavy (non-hydrogen) atoms. The van der Waals surface area contributed by atoms with E-state index in [0.717, 1.165) is 25.1 Å². The third-order valence-electron chi connectivity index (χ3n) is 4.02. The fraction of sp³-hybridized carbons (Fsp3) is 0.562. The lowest BCUT2D eigenvalue weighted by molar-refractivity contribution is -0.123. The maximum absolute atomic E-state index is 12.3. The van der Waals surface area contributed by atoms with Gasteiger partial charge in [-0.2, -0.15) is 0 Å². The molecule has 0 spiro atoms. The number of carbonyl (C=O) groups is 1. The Balaban J connectivity index is 1.91. The minimum atomic E-state index is -0.204. The van der Waals surface area contributed by atoms with E-state index in [9.17, 15) is 4.79 Å². The highest BCUT2D eigenvalue weighted by Crippen LogP contribution is 2.22. The van der Waals surface area contributed by atoms with Crippen LogP contribution in [-0.2, 0) is 11.2 Å². The molecule has 1 aromatic carbocycles. The Hall–Kier alpha value is -1.39. The molecule has 2 rings (SSSR count). The quantitative estimate of drug-likeness (QED) is 0.852. The topological polar surface area (TPSA) is 44.4 Å². The highest BCUT2D eigenvalue weighted by molar-refractivity contribution is 5.83. The fourth-order valence-electron chi connectivity index (χ4n) is 2.45. The first-order chi connectivity index (χ1) is 9.59. The monoisotopic (exact) mass is 275 g/mol. The van der Waals surface area contributed by atoms with Crippen LogP contribution >= 0.6 is 0 Å². The second-order valence-electron chi connectivity index (χ2n) is 5.70. The molecule has 1 amide bonds. The summed E-state index contributed by atoms with van der Waals surface area (Å²) in [6, 6.07) is 8.49. The van der Waals surface area contributed by atoms with E-state index < -0.39 is 0 Å². The fourth-order valence-corrected chi connectivity index (χ4v) is 2.45. The van der Waals surface area contributed by atoms with E-state index in [1.165, 1.54) is 5.56 Å². The molecular weight excluding hydrogens is 250 g/mol. The first-order valence-electron chi connectivity index (χ1n) is 7.38. The average molecular weight is 275 g/mol.